The van der Waals surface area contributed by atoms with Gasteiger partial charge >= 0.3 is 0 Å². The molecule has 0 aliphatic rings. The van der Waals surface area contributed by atoms with Gasteiger partial charge in [-0.25, -0.2) is 0 Å². The molecule has 2 rings (SSSR count). The van der Waals surface area contributed by atoms with E-state index in [1.54, 1.807) is 30.3 Å². The fourth-order valence-corrected chi connectivity index (χ4v) is 1.92. The van der Waals surface area contributed by atoms with E-state index in [-0.39, 0.29) is 0 Å². The monoisotopic (exact) mass is 252 g/mol. The molecule has 0 saturated heterocycles. The minimum Gasteiger partial charge on any atom is -0.372 e. The Labute approximate surface area is 110 Å². The molecule has 0 spiro atoms. The number of primary amides is 1. The number of carbonyl (C=O) groups excluding carboxylic acids is 1. The Morgan fingerprint density at radius 2 is 1.58 bits per heavy atom. The van der Waals surface area contributed by atoms with E-state index in [2.05, 4.69) is 0 Å². The van der Waals surface area contributed by atoms with Gasteiger partial charge in [0.15, 0.2) is 5.60 Å². The van der Waals surface area contributed by atoms with Crippen LogP contribution in [0.2, 0.25) is 0 Å². The third-order valence-electron chi connectivity index (χ3n) is 2.98. The second-order valence-corrected chi connectivity index (χ2v) is 4.13. The standard InChI is InChI=1S/C15H12N2O2/c16-10-11-6-8-13(9-7-11)15(19,14(17)18)12-4-2-1-3-5-12/h1-9,19H,(H2,17,18). The van der Waals surface area contributed by atoms with Gasteiger partial charge in [-0.2, -0.15) is 5.26 Å². The minimum atomic E-state index is -1.89. The zero-order valence-electron chi connectivity index (χ0n) is 10.1. The Balaban J connectivity index is 2.57. The summed E-state index contributed by atoms with van der Waals surface area (Å²) in [7, 11) is 0. The summed E-state index contributed by atoms with van der Waals surface area (Å²) < 4.78 is 0. The Kier molecular flexibility index (Phi) is 3.32. The summed E-state index contributed by atoms with van der Waals surface area (Å²) >= 11 is 0. The summed E-state index contributed by atoms with van der Waals surface area (Å²) in [5.74, 6) is -0.858. The van der Waals surface area contributed by atoms with Gasteiger partial charge < -0.3 is 10.8 Å². The van der Waals surface area contributed by atoms with Gasteiger partial charge in [0.2, 0.25) is 0 Å². The summed E-state index contributed by atoms with van der Waals surface area (Å²) in [6.45, 7) is 0. The SMILES string of the molecule is N#Cc1ccc(C(O)(C(N)=O)c2ccccc2)cc1. The van der Waals surface area contributed by atoms with Crippen LogP contribution in [0.25, 0.3) is 0 Å². The fraction of sp³-hybridized carbons (Fsp3) is 0.0667. The maximum atomic E-state index is 11.7. The molecule has 1 unspecified atom stereocenters. The lowest BCUT2D eigenvalue weighted by atomic mass is 9.85. The van der Waals surface area contributed by atoms with Crippen molar-refractivity contribution >= 4 is 5.91 Å². The molecular formula is C15H12N2O2. The normalized spacial score (nSPS) is 13.3. The van der Waals surface area contributed by atoms with Crippen molar-refractivity contribution in [1.82, 2.24) is 0 Å². The second-order valence-electron chi connectivity index (χ2n) is 4.13. The molecule has 0 aromatic heterocycles. The molecule has 1 atom stereocenters. The summed E-state index contributed by atoms with van der Waals surface area (Å²) in [5.41, 5.74) is 4.64. The number of benzene rings is 2. The van der Waals surface area contributed by atoms with E-state index in [9.17, 15) is 9.90 Å². The topological polar surface area (TPSA) is 87.1 Å². The minimum absolute atomic E-state index is 0.338. The van der Waals surface area contributed by atoms with Crippen LogP contribution in [0.4, 0.5) is 0 Å². The Morgan fingerprint density at radius 1 is 1.05 bits per heavy atom. The van der Waals surface area contributed by atoms with Gasteiger partial charge in [0.1, 0.15) is 0 Å². The van der Waals surface area contributed by atoms with Crippen LogP contribution >= 0.6 is 0 Å². The average molecular weight is 252 g/mol. The first-order chi connectivity index (χ1) is 9.09. The highest BCUT2D eigenvalue weighted by atomic mass is 16.3. The van der Waals surface area contributed by atoms with E-state index < -0.39 is 11.5 Å². The lowest BCUT2D eigenvalue weighted by Crippen LogP contribution is -2.42. The molecule has 3 N–H and O–H groups in total. The van der Waals surface area contributed by atoms with Crippen molar-refractivity contribution in [2.75, 3.05) is 0 Å². The molecule has 4 heteroatoms. The number of hydrogen-bond donors (Lipinski definition) is 2. The van der Waals surface area contributed by atoms with E-state index >= 15 is 0 Å². The van der Waals surface area contributed by atoms with Crippen LogP contribution < -0.4 is 5.73 Å². The van der Waals surface area contributed by atoms with Gasteiger partial charge in [-0.05, 0) is 23.3 Å². The number of nitriles is 1. The first kappa shape index (κ1) is 12.8. The highest BCUT2D eigenvalue weighted by Crippen LogP contribution is 2.29. The first-order valence-corrected chi connectivity index (χ1v) is 5.67. The van der Waals surface area contributed by atoms with Crippen molar-refractivity contribution < 1.29 is 9.90 Å². The second kappa shape index (κ2) is 4.92. The van der Waals surface area contributed by atoms with Gasteiger partial charge in [0.25, 0.3) is 5.91 Å². The quantitative estimate of drug-likeness (QED) is 0.862. The molecule has 2 aromatic rings. The van der Waals surface area contributed by atoms with Crippen LogP contribution in [0.3, 0.4) is 0 Å². The van der Waals surface area contributed by atoms with E-state index in [0.29, 0.717) is 16.7 Å². The van der Waals surface area contributed by atoms with Crippen LogP contribution in [-0.2, 0) is 10.4 Å². The molecule has 0 saturated carbocycles. The third-order valence-corrected chi connectivity index (χ3v) is 2.98. The molecule has 0 heterocycles. The average Bonchev–Trinajstić information content (AvgIpc) is 2.47. The van der Waals surface area contributed by atoms with Crippen molar-refractivity contribution in [3.63, 3.8) is 0 Å². The number of hydrogen-bond acceptors (Lipinski definition) is 3. The molecule has 0 radical (unpaired) electrons. The maximum absolute atomic E-state index is 11.7. The predicted molar refractivity (Wildman–Crippen MR) is 69.8 cm³/mol. The van der Waals surface area contributed by atoms with E-state index in [4.69, 9.17) is 11.0 Å². The summed E-state index contributed by atoms with van der Waals surface area (Å²) in [5, 5.41) is 19.4. The number of rotatable bonds is 3. The molecular weight excluding hydrogens is 240 g/mol. The van der Waals surface area contributed by atoms with Crippen LogP contribution in [0, 0.1) is 11.3 Å². The molecule has 0 aliphatic heterocycles. The Bertz CT molecular complexity index is 629. The van der Waals surface area contributed by atoms with Crippen LogP contribution in [0.15, 0.2) is 54.6 Å². The van der Waals surface area contributed by atoms with Crippen molar-refractivity contribution in [3.05, 3.63) is 71.3 Å². The molecule has 0 fully saturated rings. The van der Waals surface area contributed by atoms with Crippen LogP contribution in [0.1, 0.15) is 16.7 Å². The third kappa shape index (κ3) is 2.19. The van der Waals surface area contributed by atoms with Crippen LogP contribution in [0.5, 0.6) is 0 Å². The molecule has 2 aromatic carbocycles. The predicted octanol–water partition coefficient (Wildman–Crippen LogP) is 1.28. The summed E-state index contributed by atoms with van der Waals surface area (Å²) in [6.07, 6.45) is 0. The van der Waals surface area contributed by atoms with Gasteiger partial charge in [0, 0.05) is 0 Å². The van der Waals surface area contributed by atoms with E-state index in [1.165, 1.54) is 24.3 Å². The molecule has 19 heavy (non-hydrogen) atoms. The molecule has 0 bridgehead atoms. The summed E-state index contributed by atoms with van der Waals surface area (Å²) in [4.78, 5) is 11.7. The molecule has 0 aliphatic carbocycles. The van der Waals surface area contributed by atoms with Gasteiger partial charge in [-0.15, -0.1) is 0 Å². The lowest BCUT2D eigenvalue weighted by Gasteiger charge is -2.25. The highest BCUT2D eigenvalue weighted by Gasteiger charge is 2.37. The van der Waals surface area contributed by atoms with Crippen molar-refractivity contribution in [2.24, 2.45) is 5.73 Å². The van der Waals surface area contributed by atoms with Crippen molar-refractivity contribution in [3.8, 4) is 6.07 Å². The highest BCUT2D eigenvalue weighted by molar-refractivity contribution is 5.88. The number of aliphatic hydroxyl groups is 1. The van der Waals surface area contributed by atoms with Crippen molar-refractivity contribution in [1.29, 1.82) is 5.26 Å². The smallest absolute Gasteiger partial charge is 0.258 e. The van der Waals surface area contributed by atoms with Gasteiger partial charge in [-0.3, -0.25) is 4.79 Å². The first-order valence-electron chi connectivity index (χ1n) is 5.67. The van der Waals surface area contributed by atoms with Gasteiger partial charge in [0.05, 0.1) is 11.6 Å². The summed E-state index contributed by atoms with van der Waals surface area (Å²) in [6, 6.07) is 16.6. The maximum Gasteiger partial charge on any atom is 0.258 e. The Hall–Kier alpha value is -2.64. The zero-order valence-corrected chi connectivity index (χ0v) is 10.1. The molecule has 94 valence electrons. The van der Waals surface area contributed by atoms with E-state index in [1.807, 2.05) is 6.07 Å². The van der Waals surface area contributed by atoms with E-state index in [0.717, 1.165) is 0 Å². The number of nitrogens with zero attached hydrogens (tertiary/aromatic N) is 1. The number of carbonyl (C=O) groups is 1. The van der Waals surface area contributed by atoms with Gasteiger partial charge in [-0.1, -0.05) is 42.5 Å². The largest absolute Gasteiger partial charge is 0.372 e. The van der Waals surface area contributed by atoms with Crippen LogP contribution in [-0.4, -0.2) is 11.0 Å². The number of amides is 1. The number of nitrogens with two attached hydrogens (primary N) is 1. The van der Waals surface area contributed by atoms with Crippen molar-refractivity contribution in [2.45, 2.75) is 5.60 Å². The zero-order chi connectivity index (χ0) is 13.9. The Morgan fingerprint density at radius 3 is 2.05 bits per heavy atom. The molecule has 1 amide bonds. The fourth-order valence-electron chi connectivity index (χ4n) is 1.92. The lowest BCUT2D eigenvalue weighted by molar-refractivity contribution is -0.133. The molecule has 4 nitrogen and oxygen atoms in total.